The van der Waals surface area contributed by atoms with Crippen molar-refractivity contribution in [2.45, 2.75) is 71.9 Å². The number of carbonyl (C=O) groups excluding carboxylic acids is 1. The third kappa shape index (κ3) is 3.82. The number of hydrogen-bond acceptors (Lipinski definition) is 5. The summed E-state index contributed by atoms with van der Waals surface area (Å²) in [5.41, 5.74) is 5.85. The zero-order valence-corrected chi connectivity index (χ0v) is 19.4. The number of carbonyl (C=O) groups is 1. The highest BCUT2D eigenvalue weighted by atomic mass is 16.3. The number of aromatic amines is 1. The number of aryl methyl sites for hydroxylation is 1. The summed E-state index contributed by atoms with van der Waals surface area (Å²) in [6.07, 6.45) is 10.8. The molecule has 0 spiro atoms. The van der Waals surface area contributed by atoms with Crippen molar-refractivity contribution in [1.82, 2.24) is 20.4 Å². The molecule has 1 atom stereocenters. The molecule has 0 radical (unpaired) electrons. The van der Waals surface area contributed by atoms with Crippen molar-refractivity contribution in [1.29, 1.82) is 0 Å². The van der Waals surface area contributed by atoms with E-state index in [0.29, 0.717) is 31.7 Å². The van der Waals surface area contributed by atoms with Crippen molar-refractivity contribution in [2.24, 2.45) is 11.3 Å². The van der Waals surface area contributed by atoms with E-state index in [1.54, 1.807) is 0 Å². The highest BCUT2D eigenvalue weighted by molar-refractivity contribution is 5.94. The fourth-order valence-electron chi connectivity index (χ4n) is 5.61. The van der Waals surface area contributed by atoms with E-state index in [-0.39, 0.29) is 25.2 Å². The highest BCUT2D eigenvalue weighted by Gasteiger charge is 2.53. The zero-order valence-electron chi connectivity index (χ0n) is 19.4. The van der Waals surface area contributed by atoms with Crippen LogP contribution in [0.25, 0.3) is 0 Å². The van der Waals surface area contributed by atoms with Gasteiger partial charge in [0.1, 0.15) is 0 Å². The van der Waals surface area contributed by atoms with Crippen LogP contribution in [-0.4, -0.2) is 50.5 Å². The largest absolute Gasteiger partial charge is 0.396 e. The Morgan fingerprint density at radius 3 is 2.72 bits per heavy atom. The molecule has 3 heterocycles. The number of aromatic nitrogens is 2. The summed E-state index contributed by atoms with van der Waals surface area (Å²) >= 11 is 0. The Bertz CT molecular complexity index is 950. The molecule has 0 saturated carbocycles. The van der Waals surface area contributed by atoms with Crippen LogP contribution in [0.15, 0.2) is 40.9 Å². The molecule has 4 rings (SSSR count). The van der Waals surface area contributed by atoms with Gasteiger partial charge in [-0.15, -0.1) is 0 Å². The van der Waals surface area contributed by atoms with Gasteiger partial charge < -0.3 is 20.4 Å². The van der Waals surface area contributed by atoms with Gasteiger partial charge in [0.05, 0.1) is 23.9 Å². The minimum absolute atomic E-state index is 0.000250. The molecule has 4 N–H and O–H groups in total. The number of aliphatic hydroxyl groups excluding tert-OH is 2. The molecular formula is C25H36N4O3. The van der Waals surface area contributed by atoms with Gasteiger partial charge in [-0.1, -0.05) is 13.0 Å². The van der Waals surface area contributed by atoms with Crippen LogP contribution < -0.4 is 5.32 Å². The number of hydrogen-bond donors (Lipinski definition) is 4. The van der Waals surface area contributed by atoms with Crippen LogP contribution in [0.5, 0.6) is 0 Å². The zero-order chi connectivity index (χ0) is 22.9. The minimum Gasteiger partial charge on any atom is -0.396 e. The smallest absolute Gasteiger partial charge is 0.238 e. The third-order valence-electron chi connectivity index (χ3n) is 7.32. The number of rotatable bonds is 5. The second-order valence-electron chi connectivity index (χ2n) is 9.60. The third-order valence-corrected chi connectivity index (χ3v) is 7.32. The van der Waals surface area contributed by atoms with Crippen molar-refractivity contribution >= 4 is 5.91 Å². The van der Waals surface area contributed by atoms with E-state index in [1.165, 1.54) is 16.8 Å². The standard InChI is InChI=1S/C25H36N4O3/c1-16(2)29-23-13-19-17(3)5-4-6-18-14-27-28-22(18)15-26-21(19)8-7-20(23)25(9-11-30,10-12-31)24(29)32/h7,13-14,16-17,26,30-31H,4-6,8-12,15H2,1-3H3,(H,27,28). The van der Waals surface area contributed by atoms with E-state index >= 15 is 0 Å². The van der Waals surface area contributed by atoms with Crippen molar-refractivity contribution in [3.8, 4) is 0 Å². The first kappa shape index (κ1) is 22.8. The fraction of sp³-hybridized carbons (Fsp3) is 0.600. The SMILES string of the molecule is CC1CCCc2cn[nH]c2CNC2=C1C=C1C(=CC2)C(CCO)(CCO)C(=O)N1C(C)C. The van der Waals surface area contributed by atoms with Gasteiger partial charge in [-0.05, 0) is 74.7 Å². The number of aliphatic hydroxyl groups is 2. The van der Waals surface area contributed by atoms with Gasteiger partial charge in [0.25, 0.3) is 0 Å². The molecule has 1 aliphatic carbocycles. The van der Waals surface area contributed by atoms with Crippen molar-refractivity contribution in [2.75, 3.05) is 13.2 Å². The van der Waals surface area contributed by atoms with Gasteiger partial charge in [-0.3, -0.25) is 9.89 Å². The molecule has 1 aromatic heterocycles. The first-order chi connectivity index (χ1) is 15.4. The Hall–Kier alpha value is -2.38. The van der Waals surface area contributed by atoms with Gasteiger partial charge in [0.15, 0.2) is 0 Å². The Morgan fingerprint density at radius 1 is 1.28 bits per heavy atom. The summed E-state index contributed by atoms with van der Waals surface area (Å²) in [4.78, 5) is 15.6. The van der Waals surface area contributed by atoms with Gasteiger partial charge in [-0.2, -0.15) is 5.10 Å². The molecular weight excluding hydrogens is 404 g/mol. The highest BCUT2D eigenvalue weighted by Crippen LogP contribution is 2.51. The number of nitrogens with one attached hydrogen (secondary N) is 2. The second-order valence-corrected chi connectivity index (χ2v) is 9.60. The van der Waals surface area contributed by atoms with Crippen molar-refractivity contribution in [3.05, 3.63) is 52.1 Å². The molecule has 7 nitrogen and oxygen atoms in total. The Labute approximate surface area is 190 Å². The van der Waals surface area contributed by atoms with Crippen LogP contribution in [0.1, 0.15) is 64.1 Å². The van der Waals surface area contributed by atoms with Gasteiger partial charge in [0, 0.05) is 37.1 Å². The lowest BCUT2D eigenvalue weighted by atomic mass is 9.75. The van der Waals surface area contributed by atoms with E-state index in [2.05, 4.69) is 34.6 Å². The molecule has 2 aliphatic heterocycles. The number of allylic oxidation sites excluding steroid dienone is 4. The predicted molar refractivity (Wildman–Crippen MR) is 123 cm³/mol. The number of fused-ring (bicyclic) bond motifs is 2. The number of amides is 1. The summed E-state index contributed by atoms with van der Waals surface area (Å²) in [7, 11) is 0. The maximum absolute atomic E-state index is 13.7. The lowest BCUT2D eigenvalue weighted by Gasteiger charge is -2.28. The molecule has 7 heteroatoms. The van der Waals surface area contributed by atoms with E-state index in [1.807, 2.05) is 24.9 Å². The first-order valence-electron chi connectivity index (χ1n) is 11.9. The summed E-state index contributed by atoms with van der Waals surface area (Å²) < 4.78 is 0. The second kappa shape index (κ2) is 9.24. The predicted octanol–water partition coefficient (Wildman–Crippen LogP) is 2.94. The van der Waals surface area contributed by atoms with Crippen molar-refractivity contribution in [3.63, 3.8) is 0 Å². The quantitative estimate of drug-likeness (QED) is 0.564. The van der Waals surface area contributed by atoms with Crippen LogP contribution in [0.2, 0.25) is 0 Å². The molecule has 1 aromatic rings. The fourth-order valence-corrected chi connectivity index (χ4v) is 5.61. The van der Waals surface area contributed by atoms with Gasteiger partial charge in [-0.25, -0.2) is 0 Å². The van der Waals surface area contributed by atoms with E-state index in [4.69, 9.17) is 0 Å². The van der Waals surface area contributed by atoms with Crippen molar-refractivity contribution < 1.29 is 15.0 Å². The molecule has 1 fully saturated rings. The van der Waals surface area contributed by atoms with Crippen LogP contribution in [0.4, 0.5) is 0 Å². The maximum Gasteiger partial charge on any atom is 0.238 e. The van der Waals surface area contributed by atoms with Gasteiger partial charge in [0.2, 0.25) is 5.91 Å². The molecule has 174 valence electrons. The maximum atomic E-state index is 13.7. The average molecular weight is 441 g/mol. The Balaban J connectivity index is 1.81. The monoisotopic (exact) mass is 440 g/mol. The van der Waals surface area contributed by atoms with Crippen LogP contribution in [-0.2, 0) is 17.8 Å². The van der Waals surface area contributed by atoms with E-state index in [0.717, 1.165) is 36.2 Å². The summed E-state index contributed by atoms with van der Waals surface area (Å²) in [6.45, 7) is 6.83. The normalized spacial score (nSPS) is 23.1. The molecule has 1 unspecified atom stereocenters. The minimum atomic E-state index is -0.867. The Morgan fingerprint density at radius 2 is 2.03 bits per heavy atom. The number of likely N-dealkylation sites (tertiary alicyclic amines) is 1. The molecule has 1 amide bonds. The van der Waals surface area contributed by atoms with Crippen LogP contribution >= 0.6 is 0 Å². The Kier molecular flexibility index (Phi) is 6.58. The van der Waals surface area contributed by atoms with E-state index < -0.39 is 5.41 Å². The van der Waals surface area contributed by atoms with Gasteiger partial charge >= 0.3 is 0 Å². The summed E-state index contributed by atoms with van der Waals surface area (Å²) in [5, 5.41) is 30.7. The topological polar surface area (TPSA) is 101 Å². The summed E-state index contributed by atoms with van der Waals surface area (Å²) in [5.74, 6) is 0.348. The molecule has 3 aliphatic rings. The average Bonchev–Trinajstić information content (AvgIpc) is 3.21. The molecule has 1 saturated heterocycles. The summed E-state index contributed by atoms with van der Waals surface area (Å²) in [6, 6.07) is -0.00564. The first-order valence-corrected chi connectivity index (χ1v) is 11.9. The van der Waals surface area contributed by atoms with Crippen LogP contribution in [0, 0.1) is 11.3 Å². The molecule has 32 heavy (non-hydrogen) atoms. The number of nitrogens with zero attached hydrogens (tertiary/aromatic N) is 2. The lowest BCUT2D eigenvalue weighted by Crippen LogP contribution is -2.39. The molecule has 0 bridgehead atoms. The number of H-pyrrole nitrogens is 1. The van der Waals surface area contributed by atoms with Crippen LogP contribution in [0.3, 0.4) is 0 Å². The molecule has 0 aromatic carbocycles. The lowest BCUT2D eigenvalue weighted by molar-refractivity contribution is -0.137. The van der Waals surface area contributed by atoms with E-state index in [9.17, 15) is 15.0 Å².